The molecule has 0 aromatic heterocycles. The van der Waals surface area contributed by atoms with Crippen molar-refractivity contribution in [1.29, 1.82) is 0 Å². The van der Waals surface area contributed by atoms with Crippen LogP contribution in [0.15, 0.2) is 36.4 Å². The molecule has 0 heterocycles. The van der Waals surface area contributed by atoms with E-state index in [2.05, 4.69) is 0 Å². The van der Waals surface area contributed by atoms with Crippen LogP contribution >= 0.6 is 0 Å². The third-order valence-corrected chi connectivity index (χ3v) is 1.19. The zero-order chi connectivity index (χ0) is 12.8. The summed E-state index contributed by atoms with van der Waals surface area (Å²) in [7, 11) is -5.67. The highest BCUT2D eigenvalue weighted by molar-refractivity contribution is 7.81. The quantitative estimate of drug-likeness (QED) is 0.573. The first-order valence-electron chi connectivity index (χ1n) is 3.62. The van der Waals surface area contributed by atoms with E-state index in [0.717, 1.165) is 0 Å². The molecule has 0 aliphatic heterocycles. The van der Waals surface area contributed by atoms with Gasteiger partial charge in [-0.2, -0.15) is 17.2 Å². The van der Waals surface area contributed by atoms with Crippen molar-refractivity contribution in [3.8, 4) is 0 Å². The van der Waals surface area contributed by atoms with Crippen molar-refractivity contribution in [3.05, 3.63) is 42.0 Å². The molecule has 1 rings (SSSR count). The number of halogens is 5. The van der Waals surface area contributed by atoms with Gasteiger partial charge in [0.2, 0.25) is 0 Å². The standard InChI is InChI=1S/C8H5F3.F2O2S/c9-7(8(10)11)6-4-2-1-3-5-6;1-5(2,3)4/h1-5H;. The summed E-state index contributed by atoms with van der Waals surface area (Å²) in [6.07, 6.45) is -2.28. The Morgan fingerprint density at radius 1 is 0.938 bits per heavy atom. The first-order chi connectivity index (χ1) is 7.22. The maximum Gasteiger partial charge on any atom is 0.476 e. The van der Waals surface area contributed by atoms with E-state index in [1.165, 1.54) is 24.3 Å². The van der Waals surface area contributed by atoms with Crippen molar-refractivity contribution < 1.29 is 29.4 Å². The Hall–Kier alpha value is -1.44. The molecule has 0 N–H and O–H groups in total. The van der Waals surface area contributed by atoms with E-state index in [1.54, 1.807) is 6.07 Å². The van der Waals surface area contributed by atoms with Gasteiger partial charge in [0.05, 0.1) is 0 Å². The lowest BCUT2D eigenvalue weighted by molar-refractivity contribution is 0.410. The van der Waals surface area contributed by atoms with Crippen molar-refractivity contribution in [1.82, 2.24) is 0 Å². The average Bonchev–Trinajstić information content (AvgIpc) is 2.15. The minimum atomic E-state index is -5.67. The minimum Gasteiger partial charge on any atom is -0.200 e. The fraction of sp³-hybridized carbons (Fsp3) is 0. The zero-order valence-corrected chi connectivity index (χ0v) is 8.32. The summed E-state index contributed by atoms with van der Waals surface area (Å²) < 4.78 is 72.2. The molecule has 1 aromatic carbocycles. The highest BCUT2D eigenvalue weighted by Crippen LogP contribution is 2.20. The van der Waals surface area contributed by atoms with Gasteiger partial charge < -0.3 is 0 Å². The predicted molar refractivity (Wildman–Crippen MR) is 47.8 cm³/mol. The normalized spacial score (nSPS) is 10.1. The smallest absolute Gasteiger partial charge is 0.200 e. The second kappa shape index (κ2) is 6.21. The van der Waals surface area contributed by atoms with Crippen molar-refractivity contribution >= 4 is 16.4 Å². The number of hydrogen-bond acceptors (Lipinski definition) is 2. The SMILES string of the molecule is FC(F)=C(F)c1ccccc1.O=S(=O)(F)F. The highest BCUT2D eigenvalue weighted by atomic mass is 32.3. The molecule has 0 aliphatic rings. The summed E-state index contributed by atoms with van der Waals surface area (Å²) in [5.41, 5.74) is -0.0903. The maximum absolute atomic E-state index is 12.4. The Morgan fingerprint density at radius 3 is 1.62 bits per heavy atom. The lowest BCUT2D eigenvalue weighted by Crippen LogP contribution is -1.76. The van der Waals surface area contributed by atoms with E-state index in [9.17, 15) is 20.9 Å². The van der Waals surface area contributed by atoms with Gasteiger partial charge >= 0.3 is 16.7 Å². The zero-order valence-electron chi connectivity index (χ0n) is 7.50. The summed E-state index contributed by atoms with van der Waals surface area (Å²) in [5.74, 6) is -1.45. The molecule has 0 saturated carbocycles. The summed E-state index contributed by atoms with van der Waals surface area (Å²) in [6.45, 7) is 0. The molecular weight excluding hydrogens is 255 g/mol. The molecule has 8 heteroatoms. The average molecular weight is 260 g/mol. The molecule has 0 radical (unpaired) electrons. The molecule has 0 saturated heterocycles. The van der Waals surface area contributed by atoms with Crippen LogP contribution in [0.3, 0.4) is 0 Å². The molecular formula is C8H5F5O2S. The van der Waals surface area contributed by atoms with Crippen LogP contribution in [-0.2, 0) is 10.6 Å². The molecule has 0 spiro atoms. The van der Waals surface area contributed by atoms with Crippen LogP contribution in [0.4, 0.5) is 20.9 Å². The second-order valence-electron chi connectivity index (χ2n) is 2.32. The van der Waals surface area contributed by atoms with Crippen LogP contribution < -0.4 is 0 Å². The topological polar surface area (TPSA) is 34.1 Å². The number of rotatable bonds is 1. The monoisotopic (exact) mass is 260 g/mol. The summed E-state index contributed by atoms with van der Waals surface area (Å²) in [4.78, 5) is 0. The van der Waals surface area contributed by atoms with Gasteiger partial charge in [0, 0.05) is 5.56 Å². The number of hydrogen-bond donors (Lipinski definition) is 0. The molecule has 0 atom stereocenters. The summed E-state index contributed by atoms with van der Waals surface area (Å²) in [5, 5.41) is 0. The highest BCUT2D eigenvalue weighted by Gasteiger charge is 2.05. The van der Waals surface area contributed by atoms with E-state index < -0.39 is 22.5 Å². The third kappa shape index (κ3) is 7.92. The molecule has 0 fully saturated rings. The van der Waals surface area contributed by atoms with Crippen LogP contribution in [0, 0.1) is 0 Å². The van der Waals surface area contributed by atoms with Crippen LogP contribution in [-0.4, -0.2) is 8.42 Å². The first-order valence-corrected chi connectivity index (χ1v) is 4.90. The molecule has 0 aliphatic carbocycles. The molecule has 0 bridgehead atoms. The van der Waals surface area contributed by atoms with E-state index in [1.807, 2.05) is 0 Å². The fourth-order valence-electron chi connectivity index (χ4n) is 0.694. The minimum absolute atomic E-state index is 0.0903. The van der Waals surface area contributed by atoms with Gasteiger partial charge in [0.1, 0.15) is 0 Å². The Balaban J connectivity index is 0.000000385. The lowest BCUT2D eigenvalue weighted by atomic mass is 10.2. The Bertz CT molecular complexity index is 443. The second-order valence-corrected chi connectivity index (χ2v) is 3.08. The lowest BCUT2D eigenvalue weighted by Gasteiger charge is -1.93. The van der Waals surface area contributed by atoms with Crippen molar-refractivity contribution in [2.45, 2.75) is 0 Å². The molecule has 0 unspecified atom stereocenters. The molecule has 0 amide bonds. The van der Waals surface area contributed by atoms with E-state index in [-0.39, 0.29) is 5.56 Å². The summed E-state index contributed by atoms with van der Waals surface area (Å²) in [6, 6.07) is 7.20. The van der Waals surface area contributed by atoms with Crippen LogP contribution in [0.2, 0.25) is 0 Å². The van der Waals surface area contributed by atoms with Gasteiger partial charge in [0.25, 0.3) is 0 Å². The number of benzene rings is 1. The van der Waals surface area contributed by atoms with E-state index >= 15 is 0 Å². The summed E-state index contributed by atoms with van der Waals surface area (Å²) >= 11 is 0. The first kappa shape index (κ1) is 14.6. The van der Waals surface area contributed by atoms with E-state index in [0.29, 0.717) is 0 Å². The Morgan fingerprint density at radius 2 is 1.31 bits per heavy atom. The predicted octanol–water partition coefficient (Wildman–Crippen LogP) is 3.39. The maximum atomic E-state index is 12.4. The van der Waals surface area contributed by atoms with Crippen LogP contribution in [0.5, 0.6) is 0 Å². The van der Waals surface area contributed by atoms with Gasteiger partial charge in [-0.05, 0) is 0 Å². The Kier molecular flexibility index (Phi) is 5.65. The van der Waals surface area contributed by atoms with Crippen molar-refractivity contribution in [3.63, 3.8) is 0 Å². The van der Waals surface area contributed by atoms with Crippen molar-refractivity contribution in [2.24, 2.45) is 0 Å². The van der Waals surface area contributed by atoms with Gasteiger partial charge in [-0.1, -0.05) is 38.1 Å². The molecule has 90 valence electrons. The largest absolute Gasteiger partial charge is 0.476 e. The van der Waals surface area contributed by atoms with Gasteiger partial charge in [-0.3, -0.25) is 0 Å². The van der Waals surface area contributed by atoms with Crippen LogP contribution in [0.25, 0.3) is 5.83 Å². The van der Waals surface area contributed by atoms with Crippen LogP contribution in [0.1, 0.15) is 5.56 Å². The van der Waals surface area contributed by atoms with E-state index in [4.69, 9.17) is 8.42 Å². The van der Waals surface area contributed by atoms with Gasteiger partial charge in [0.15, 0.2) is 5.83 Å². The van der Waals surface area contributed by atoms with Crippen molar-refractivity contribution in [2.75, 3.05) is 0 Å². The Labute approximate surface area is 88.5 Å². The van der Waals surface area contributed by atoms with Gasteiger partial charge in [-0.25, -0.2) is 4.39 Å². The fourth-order valence-corrected chi connectivity index (χ4v) is 0.694. The molecule has 16 heavy (non-hydrogen) atoms. The van der Waals surface area contributed by atoms with Gasteiger partial charge in [-0.15, -0.1) is 0 Å². The third-order valence-electron chi connectivity index (χ3n) is 1.19. The molecule has 2 nitrogen and oxygen atoms in total. The molecule has 1 aromatic rings.